The molecule has 1 saturated carbocycles. The Hall–Kier alpha value is -1.34. The molecule has 1 N–H and O–H groups in total. The van der Waals surface area contributed by atoms with Gasteiger partial charge in [-0.1, -0.05) is 55.3 Å². The van der Waals surface area contributed by atoms with Crippen molar-refractivity contribution < 1.29 is 0 Å². The first-order valence-corrected chi connectivity index (χ1v) is 7.98. The Kier molecular flexibility index (Phi) is 4.07. The lowest BCUT2D eigenvalue weighted by molar-refractivity contribution is 0.391. The molecular weight excluding hydrogens is 242 g/mol. The minimum Gasteiger partial charge on any atom is -0.320 e. The van der Waals surface area contributed by atoms with Gasteiger partial charge in [0.25, 0.3) is 0 Å². The van der Waals surface area contributed by atoms with Gasteiger partial charge in [0.2, 0.25) is 0 Å². The van der Waals surface area contributed by atoms with Crippen LogP contribution in [-0.2, 0) is 5.41 Å². The molecule has 0 radical (unpaired) electrons. The highest BCUT2D eigenvalue weighted by Crippen LogP contribution is 2.45. The van der Waals surface area contributed by atoms with Crippen LogP contribution in [0.4, 0.5) is 0 Å². The number of hydrogen-bond acceptors (Lipinski definition) is 1. The molecule has 0 aromatic heterocycles. The monoisotopic (exact) mass is 267 g/mol. The summed E-state index contributed by atoms with van der Waals surface area (Å²) in [6.07, 6.45) is 8.14. The van der Waals surface area contributed by atoms with Crippen molar-refractivity contribution in [2.75, 3.05) is 13.6 Å². The van der Waals surface area contributed by atoms with Gasteiger partial charge in [-0.25, -0.2) is 0 Å². The first kappa shape index (κ1) is 13.6. The smallest absolute Gasteiger partial charge is 0.00463 e. The summed E-state index contributed by atoms with van der Waals surface area (Å²) in [5, 5.41) is 6.04. The standard InChI is InChI=1S/C19H25N/c1-20-14-6-13-19(11-4-5-12-19)18-10-9-16-7-2-3-8-17(16)15-18/h2-3,7-10,15,20H,4-6,11-14H2,1H3. The van der Waals surface area contributed by atoms with Gasteiger partial charge in [0.15, 0.2) is 0 Å². The van der Waals surface area contributed by atoms with Crippen LogP contribution in [0.1, 0.15) is 44.1 Å². The average molecular weight is 267 g/mol. The van der Waals surface area contributed by atoms with E-state index in [4.69, 9.17) is 0 Å². The second-order valence-corrected chi connectivity index (χ2v) is 6.26. The Bertz CT molecular complexity index is 567. The van der Waals surface area contributed by atoms with Crippen molar-refractivity contribution in [2.45, 2.75) is 43.9 Å². The summed E-state index contributed by atoms with van der Waals surface area (Å²) < 4.78 is 0. The van der Waals surface area contributed by atoms with Gasteiger partial charge in [0.05, 0.1) is 0 Å². The molecule has 1 nitrogen and oxygen atoms in total. The van der Waals surface area contributed by atoms with Crippen molar-refractivity contribution in [1.82, 2.24) is 5.32 Å². The molecule has 20 heavy (non-hydrogen) atoms. The first-order valence-electron chi connectivity index (χ1n) is 7.98. The zero-order chi connectivity index (χ0) is 13.8. The highest BCUT2D eigenvalue weighted by molar-refractivity contribution is 5.83. The van der Waals surface area contributed by atoms with E-state index in [2.05, 4.69) is 54.8 Å². The van der Waals surface area contributed by atoms with Crippen LogP contribution in [0.2, 0.25) is 0 Å². The molecule has 3 rings (SSSR count). The third-order valence-corrected chi connectivity index (χ3v) is 5.00. The van der Waals surface area contributed by atoms with E-state index in [0.29, 0.717) is 5.41 Å². The summed E-state index contributed by atoms with van der Waals surface area (Å²) in [6, 6.07) is 15.9. The topological polar surface area (TPSA) is 12.0 Å². The molecule has 0 unspecified atom stereocenters. The van der Waals surface area contributed by atoms with Crippen molar-refractivity contribution in [3.63, 3.8) is 0 Å². The zero-order valence-corrected chi connectivity index (χ0v) is 12.5. The summed E-state index contributed by atoms with van der Waals surface area (Å²) in [5.41, 5.74) is 2.02. The van der Waals surface area contributed by atoms with Crippen molar-refractivity contribution >= 4 is 10.8 Å². The maximum atomic E-state index is 3.29. The molecule has 1 fully saturated rings. The second-order valence-electron chi connectivity index (χ2n) is 6.26. The van der Waals surface area contributed by atoms with Crippen LogP contribution in [0, 0.1) is 0 Å². The Morgan fingerprint density at radius 1 is 1.00 bits per heavy atom. The predicted octanol–water partition coefficient (Wildman–Crippen LogP) is 4.65. The molecule has 2 aromatic carbocycles. The lowest BCUT2D eigenvalue weighted by Crippen LogP contribution is -2.23. The number of fused-ring (bicyclic) bond motifs is 1. The fourth-order valence-corrected chi connectivity index (χ4v) is 3.86. The van der Waals surface area contributed by atoms with Crippen LogP contribution in [0.5, 0.6) is 0 Å². The maximum absolute atomic E-state index is 3.29. The Morgan fingerprint density at radius 3 is 2.50 bits per heavy atom. The van der Waals surface area contributed by atoms with Gasteiger partial charge in [0.1, 0.15) is 0 Å². The van der Waals surface area contributed by atoms with E-state index >= 15 is 0 Å². The Morgan fingerprint density at radius 2 is 1.75 bits per heavy atom. The molecule has 0 bridgehead atoms. The van der Waals surface area contributed by atoms with Crippen LogP contribution < -0.4 is 5.32 Å². The van der Waals surface area contributed by atoms with Gasteiger partial charge in [-0.05, 0) is 61.0 Å². The zero-order valence-electron chi connectivity index (χ0n) is 12.5. The van der Waals surface area contributed by atoms with Gasteiger partial charge in [-0.3, -0.25) is 0 Å². The summed E-state index contributed by atoms with van der Waals surface area (Å²) in [6.45, 7) is 1.13. The summed E-state index contributed by atoms with van der Waals surface area (Å²) >= 11 is 0. The molecule has 0 heterocycles. The minimum atomic E-state index is 0.445. The van der Waals surface area contributed by atoms with Crippen LogP contribution in [0.25, 0.3) is 10.8 Å². The molecule has 106 valence electrons. The molecule has 0 amide bonds. The van der Waals surface area contributed by atoms with Crippen LogP contribution in [-0.4, -0.2) is 13.6 Å². The van der Waals surface area contributed by atoms with Crippen molar-refractivity contribution in [3.05, 3.63) is 48.0 Å². The lowest BCUT2D eigenvalue weighted by atomic mass is 9.75. The molecule has 0 atom stereocenters. The van der Waals surface area contributed by atoms with Crippen LogP contribution in [0.15, 0.2) is 42.5 Å². The van der Waals surface area contributed by atoms with Crippen LogP contribution in [0.3, 0.4) is 0 Å². The van der Waals surface area contributed by atoms with Gasteiger partial charge in [-0.2, -0.15) is 0 Å². The fourth-order valence-electron chi connectivity index (χ4n) is 3.86. The molecular formula is C19H25N. The number of benzene rings is 2. The quantitative estimate of drug-likeness (QED) is 0.777. The van der Waals surface area contributed by atoms with E-state index < -0.39 is 0 Å². The van der Waals surface area contributed by atoms with E-state index in [1.807, 2.05) is 0 Å². The Labute approximate surface area is 122 Å². The van der Waals surface area contributed by atoms with Gasteiger partial charge in [0, 0.05) is 0 Å². The molecule has 1 aliphatic rings. The van der Waals surface area contributed by atoms with E-state index in [1.165, 1.54) is 49.3 Å². The van der Waals surface area contributed by atoms with E-state index in [-0.39, 0.29) is 0 Å². The van der Waals surface area contributed by atoms with Crippen molar-refractivity contribution in [3.8, 4) is 0 Å². The normalized spacial score (nSPS) is 17.6. The second kappa shape index (κ2) is 5.97. The van der Waals surface area contributed by atoms with Gasteiger partial charge in [-0.15, -0.1) is 0 Å². The molecule has 1 heteroatoms. The SMILES string of the molecule is CNCCCC1(c2ccc3ccccc3c2)CCCC1. The van der Waals surface area contributed by atoms with E-state index in [1.54, 1.807) is 5.56 Å². The highest BCUT2D eigenvalue weighted by atomic mass is 14.8. The maximum Gasteiger partial charge on any atom is -0.00463 e. The van der Waals surface area contributed by atoms with Gasteiger partial charge >= 0.3 is 0 Å². The minimum absolute atomic E-state index is 0.445. The van der Waals surface area contributed by atoms with Crippen molar-refractivity contribution in [2.24, 2.45) is 0 Å². The Balaban J connectivity index is 1.92. The molecule has 2 aromatic rings. The highest BCUT2D eigenvalue weighted by Gasteiger charge is 2.34. The summed E-state index contributed by atoms with van der Waals surface area (Å²) in [7, 11) is 2.05. The fraction of sp³-hybridized carbons (Fsp3) is 0.474. The van der Waals surface area contributed by atoms with E-state index in [9.17, 15) is 0 Å². The molecule has 0 aliphatic heterocycles. The number of hydrogen-bond donors (Lipinski definition) is 1. The largest absolute Gasteiger partial charge is 0.320 e. The summed E-state index contributed by atoms with van der Waals surface area (Å²) in [4.78, 5) is 0. The van der Waals surface area contributed by atoms with Crippen LogP contribution >= 0.6 is 0 Å². The van der Waals surface area contributed by atoms with Gasteiger partial charge < -0.3 is 5.32 Å². The molecule has 0 saturated heterocycles. The van der Waals surface area contributed by atoms with E-state index in [0.717, 1.165) is 6.54 Å². The summed E-state index contributed by atoms with van der Waals surface area (Å²) in [5.74, 6) is 0. The molecule has 1 aliphatic carbocycles. The number of rotatable bonds is 5. The molecule has 0 spiro atoms. The average Bonchev–Trinajstić information content (AvgIpc) is 2.97. The third kappa shape index (κ3) is 2.60. The first-order chi connectivity index (χ1) is 9.84. The predicted molar refractivity (Wildman–Crippen MR) is 87.3 cm³/mol. The van der Waals surface area contributed by atoms with Crippen molar-refractivity contribution in [1.29, 1.82) is 0 Å². The lowest BCUT2D eigenvalue weighted by Gasteiger charge is -2.30. The number of nitrogens with one attached hydrogen (secondary N) is 1. The third-order valence-electron chi connectivity index (χ3n) is 5.00.